The molecule has 2 amide bonds. The molecule has 1 aliphatic heterocycles. The van der Waals surface area contributed by atoms with Crippen molar-refractivity contribution in [3.05, 3.63) is 95.1 Å². The molecule has 1 saturated heterocycles. The molecule has 0 unspecified atom stereocenters. The summed E-state index contributed by atoms with van der Waals surface area (Å²) in [6.45, 7) is 2.32. The highest BCUT2D eigenvalue weighted by molar-refractivity contribution is 7.80. The summed E-state index contributed by atoms with van der Waals surface area (Å²) in [5.74, 6) is -1.90. The summed E-state index contributed by atoms with van der Waals surface area (Å²) in [5.41, 5.74) is 3.14. The van der Waals surface area contributed by atoms with Gasteiger partial charge in [-0.2, -0.15) is 0 Å². The highest BCUT2D eigenvalue weighted by Crippen LogP contribution is 2.28. The monoisotopic (exact) mass is 499 g/mol. The highest BCUT2D eigenvalue weighted by atomic mass is 32.1. The minimum Gasteiger partial charge on any atom is -0.475 e. The predicted molar refractivity (Wildman–Crippen MR) is 139 cm³/mol. The molecule has 180 valence electrons. The molecule has 0 aliphatic carbocycles. The maximum Gasteiger partial charge on any atom is 0.371 e. The Kier molecular flexibility index (Phi) is 5.99. The van der Waals surface area contributed by atoms with Crippen molar-refractivity contribution in [3.8, 4) is 0 Å². The Bertz CT molecular complexity index is 1560. The molecule has 8 nitrogen and oxygen atoms in total. The van der Waals surface area contributed by atoms with Crippen molar-refractivity contribution in [2.45, 2.75) is 19.9 Å². The van der Waals surface area contributed by atoms with Crippen LogP contribution in [0.1, 0.15) is 34.4 Å². The van der Waals surface area contributed by atoms with Gasteiger partial charge in [-0.1, -0.05) is 37.3 Å². The molecular weight excluding hydrogens is 478 g/mol. The first-order valence-electron chi connectivity index (χ1n) is 11.3. The molecule has 0 spiro atoms. The van der Waals surface area contributed by atoms with Crippen LogP contribution in [0.5, 0.6) is 0 Å². The first kappa shape index (κ1) is 23.3. The fourth-order valence-electron chi connectivity index (χ4n) is 4.19. The summed E-state index contributed by atoms with van der Waals surface area (Å²) >= 11 is 5.31. The van der Waals surface area contributed by atoms with Crippen LogP contribution in [0.4, 0.5) is 5.69 Å². The highest BCUT2D eigenvalue weighted by Gasteiger charge is 2.34. The fourth-order valence-corrected chi connectivity index (χ4v) is 4.48. The summed E-state index contributed by atoms with van der Waals surface area (Å²) in [5, 5.41) is 12.6. The van der Waals surface area contributed by atoms with Crippen LogP contribution in [0.3, 0.4) is 0 Å². The third-order valence-corrected chi connectivity index (χ3v) is 6.31. The molecule has 0 saturated carbocycles. The molecule has 0 atom stereocenters. The summed E-state index contributed by atoms with van der Waals surface area (Å²) in [4.78, 5) is 38.7. The van der Waals surface area contributed by atoms with E-state index in [0.29, 0.717) is 17.0 Å². The number of anilines is 1. The first-order valence-corrected chi connectivity index (χ1v) is 11.7. The molecular formula is C27H21N3O5S. The second kappa shape index (κ2) is 9.27. The van der Waals surface area contributed by atoms with Gasteiger partial charge in [-0.15, -0.1) is 0 Å². The quantitative estimate of drug-likeness (QED) is 0.232. The number of benzene rings is 2. The van der Waals surface area contributed by atoms with Crippen LogP contribution in [-0.4, -0.2) is 32.6 Å². The molecule has 3 heterocycles. The number of rotatable bonds is 6. The van der Waals surface area contributed by atoms with Crippen LogP contribution in [-0.2, 0) is 22.6 Å². The van der Waals surface area contributed by atoms with Crippen LogP contribution in [0.2, 0.25) is 0 Å². The van der Waals surface area contributed by atoms with Crippen molar-refractivity contribution >= 4 is 57.8 Å². The Balaban J connectivity index is 1.53. The molecule has 1 fully saturated rings. The van der Waals surface area contributed by atoms with Gasteiger partial charge in [0, 0.05) is 22.7 Å². The average Bonchev–Trinajstić information content (AvgIpc) is 3.48. The zero-order valence-electron chi connectivity index (χ0n) is 19.2. The Hall–Kier alpha value is -4.50. The number of hydrogen-bond acceptors (Lipinski definition) is 5. The number of nitrogens with one attached hydrogen (secondary N) is 1. The maximum atomic E-state index is 13.4. The van der Waals surface area contributed by atoms with E-state index in [0.717, 1.165) is 22.9 Å². The smallest absolute Gasteiger partial charge is 0.371 e. The van der Waals surface area contributed by atoms with E-state index in [1.807, 2.05) is 47.9 Å². The lowest BCUT2D eigenvalue weighted by molar-refractivity contribution is -0.122. The van der Waals surface area contributed by atoms with E-state index in [1.165, 1.54) is 11.0 Å². The van der Waals surface area contributed by atoms with Crippen molar-refractivity contribution in [1.82, 2.24) is 9.88 Å². The van der Waals surface area contributed by atoms with Crippen molar-refractivity contribution in [2.24, 2.45) is 0 Å². The predicted octanol–water partition coefficient (Wildman–Crippen LogP) is 4.37. The van der Waals surface area contributed by atoms with E-state index in [-0.39, 0.29) is 23.0 Å². The molecule has 4 aromatic rings. The van der Waals surface area contributed by atoms with Crippen molar-refractivity contribution < 1.29 is 23.9 Å². The number of aromatic carboxylic acids is 1. The van der Waals surface area contributed by atoms with Gasteiger partial charge in [-0.25, -0.2) is 4.79 Å². The molecule has 5 rings (SSSR count). The number of fused-ring (bicyclic) bond motifs is 1. The van der Waals surface area contributed by atoms with Gasteiger partial charge >= 0.3 is 5.97 Å². The zero-order chi connectivity index (χ0) is 25.4. The van der Waals surface area contributed by atoms with Crippen LogP contribution in [0, 0.1) is 0 Å². The van der Waals surface area contributed by atoms with E-state index >= 15 is 0 Å². The maximum absolute atomic E-state index is 13.4. The number of carboxylic acid groups (broad SMARTS) is 1. The summed E-state index contributed by atoms with van der Waals surface area (Å²) in [6, 6.07) is 18.0. The SMILES string of the molecule is CCc1ccc(N2C(=O)/C(=C/c3cn(Cc4ccc(C(=O)O)o4)c4ccccc34)C(=O)NC2=S)cc1. The normalized spacial score (nSPS) is 15.1. The third kappa shape index (κ3) is 4.20. The van der Waals surface area contributed by atoms with E-state index in [9.17, 15) is 14.4 Å². The Labute approximate surface area is 211 Å². The summed E-state index contributed by atoms with van der Waals surface area (Å²) < 4.78 is 7.29. The topological polar surface area (TPSA) is 105 Å². The van der Waals surface area contributed by atoms with Gasteiger partial charge in [0.05, 0.1) is 12.2 Å². The lowest BCUT2D eigenvalue weighted by Crippen LogP contribution is -2.54. The number of thiocarbonyl (C=S) groups is 1. The number of carbonyl (C=O) groups excluding carboxylic acids is 2. The molecule has 0 radical (unpaired) electrons. The van der Waals surface area contributed by atoms with E-state index in [2.05, 4.69) is 5.32 Å². The van der Waals surface area contributed by atoms with Gasteiger partial charge in [0.25, 0.3) is 11.8 Å². The number of aryl methyl sites for hydroxylation is 1. The lowest BCUT2D eigenvalue weighted by Gasteiger charge is -2.29. The van der Waals surface area contributed by atoms with E-state index < -0.39 is 17.8 Å². The van der Waals surface area contributed by atoms with Crippen LogP contribution >= 0.6 is 12.2 Å². The lowest BCUT2D eigenvalue weighted by atomic mass is 10.1. The van der Waals surface area contributed by atoms with Gasteiger partial charge in [0.2, 0.25) is 5.76 Å². The Morgan fingerprint density at radius 3 is 2.53 bits per heavy atom. The largest absolute Gasteiger partial charge is 0.475 e. The molecule has 2 N–H and O–H groups in total. The number of carbonyl (C=O) groups is 3. The van der Waals surface area contributed by atoms with Crippen LogP contribution in [0.25, 0.3) is 17.0 Å². The molecule has 1 aliphatic rings. The van der Waals surface area contributed by atoms with Gasteiger partial charge in [-0.3, -0.25) is 19.8 Å². The van der Waals surface area contributed by atoms with Gasteiger partial charge in [-0.05, 0) is 60.6 Å². The third-order valence-electron chi connectivity index (χ3n) is 6.02. The number of nitrogens with zero attached hydrogens (tertiary/aromatic N) is 2. The van der Waals surface area contributed by atoms with Crippen LogP contribution < -0.4 is 10.2 Å². The molecule has 2 aromatic carbocycles. The van der Waals surface area contributed by atoms with Gasteiger partial charge in [0.1, 0.15) is 11.3 Å². The minimum atomic E-state index is -1.14. The standard InChI is InChI=1S/C27H21N3O5S/c1-2-16-7-9-18(10-8-16)30-25(32)21(24(31)28-27(30)36)13-17-14-29(22-6-4-3-5-20(17)22)15-19-11-12-23(35-19)26(33)34/h3-14H,2,15H2,1H3,(H,33,34)(H,28,31,36)/b21-13+. The minimum absolute atomic E-state index is 0.0286. The second-order valence-corrected chi connectivity index (χ2v) is 8.67. The van der Waals surface area contributed by atoms with Crippen molar-refractivity contribution in [1.29, 1.82) is 0 Å². The summed E-state index contributed by atoms with van der Waals surface area (Å²) in [6.07, 6.45) is 4.21. The molecule has 2 aromatic heterocycles. The Morgan fingerprint density at radius 2 is 1.83 bits per heavy atom. The fraction of sp³-hybridized carbons (Fsp3) is 0.111. The van der Waals surface area contributed by atoms with Gasteiger partial charge in [0.15, 0.2) is 5.11 Å². The zero-order valence-corrected chi connectivity index (χ0v) is 20.0. The number of furan rings is 1. The Morgan fingerprint density at radius 1 is 1.08 bits per heavy atom. The van der Waals surface area contributed by atoms with Crippen molar-refractivity contribution in [3.63, 3.8) is 0 Å². The number of carboxylic acids is 1. The number of aromatic nitrogens is 1. The summed E-state index contributed by atoms with van der Waals surface area (Å²) in [7, 11) is 0. The van der Waals surface area contributed by atoms with Crippen molar-refractivity contribution in [2.75, 3.05) is 4.90 Å². The number of para-hydroxylation sites is 1. The second-order valence-electron chi connectivity index (χ2n) is 8.28. The van der Waals surface area contributed by atoms with Gasteiger partial charge < -0.3 is 14.1 Å². The van der Waals surface area contributed by atoms with Crippen LogP contribution in [0.15, 0.2) is 76.9 Å². The molecule has 0 bridgehead atoms. The molecule has 36 heavy (non-hydrogen) atoms. The molecule has 9 heteroatoms. The first-order chi connectivity index (χ1) is 17.4. The van der Waals surface area contributed by atoms with E-state index in [1.54, 1.807) is 30.5 Å². The number of amides is 2. The van der Waals surface area contributed by atoms with E-state index in [4.69, 9.17) is 21.7 Å². The average molecular weight is 500 g/mol. The number of hydrogen-bond donors (Lipinski definition) is 2.